The van der Waals surface area contributed by atoms with Gasteiger partial charge in [0.15, 0.2) is 11.5 Å². The van der Waals surface area contributed by atoms with Crippen LogP contribution in [-0.2, 0) is 6.61 Å². The molecule has 0 unspecified atom stereocenters. The maximum absolute atomic E-state index is 5.87. The van der Waals surface area contributed by atoms with Crippen molar-refractivity contribution in [2.75, 3.05) is 19.6 Å². The lowest BCUT2D eigenvalue weighted by Gasteiger charge is -2.10. The Morgan fingerprint density at radius 1 is 1.10 bits per heavy atom. The molecule has 5 nitrogen and oxygen atoms in total. The third-order valence-electron chi connectivity index (χ3n) is 3.05. The summed E-state index contributed by atoms with van der Waals surface area (Å²) in [6.07, 6.45) is 0. The van der Waals surface area contributed by atoms with Gasteiger partial charge in [0.2, 0.25) is 6.79 Å². The van der Waals surface area contributed by atoms with Gasteiger partial charge in [0, 0.05) is 6.07 Å². The summed E-state index contributed by atoms with van der Waals surface area (Å²) in [6.45, 7) is 0.663. The van der Waals surface area contributed by atoms with Gasteiger partial charge in [-0.15, -0.1) is 0 Å². The van der Waals surface area contributed by atoms with E-state index in [1.54, 1.807) is 25.3 Å². The first kappa shape index (κ1) is 12.5. The highest BCUT2D eigenvalue weighted by molar-refractivity contribution is 5.55. The van der Waals surface area contributed by atoms with Crippen molar-refractivity contribution in [1.82, 2.24) is 0 Å². The third kappa shape index (κ3) is 2.42. The summed E-state index contributed by atoms with van der Waals surface area (Å²) in [5, 5.41) is 0. The Morgan fingerprint density at radius 2 is 1.95 bits per heavy atom. The lowest BCUT2D eigenvalue weighted by molar-refractivity contribution is 0.174. The summed E-state index contributed by atoms with van der Waals surface area (Å²) in [6, 6.07) is 11.0. The Morgan fingerprint density at radius 3 is 2.80 bits per heavy atom. The molecule has 0 radical (unpaired) electrons. The van der Waals surface area contributed by atoms with E-state index in [2.05, 4.69) is 0 Å². The Labute approximate surface area is 116 Å². The molecule has 0 saturated heterocycles. The summed E-state index contributed by atoms with van der Waals surface area (Å²) < 4.78 is 21.5. The van der Waals surface area contributed by atoms with Gasteiger partial charge in [-0.25, -0.2) is 0 Å². The van der Waals surface area contributed by atoms with Crippen LogP contribution in [0.1, 0.15) is 5.56 Å². The van der Waals surface area contributed by atoms with E-state index in [1.807, 2.05) is 18.2 Å². The highest BCUT2D eigenvalue weighted by Crippen LogP contribution is 2.33. The highest BCUT2D eigenvalue weighted by atomic mass is 16.7. The van der Waals surface area contributed by atoms with Crippen LogP contribution < -0.4 is 24.7 Å². The van der Waals surface area contributed by atoms with Crippen LogP contribution in [0.15, 0.2) is 36.4 Å². The molecule has 20 heavy (non-hydrogen) atoms. The minimum Gasteiger partial charge on any atom is -0.497 e. The van der Waals surface area contributed by atoms with Crippen LogP contribution in [0, 0.1) is 0 Å². The predicted octanol–water partition coefficient (Wildman–Crippen LogP) is 2.59. The summed E-state index contributed by atoms with van der Waals surface area (Å²) >= 11 is 0. The molecule has 0 atom stereocenters. The zero-order valence-corrected chi connectivity index (χ0v) is 11.1. The SMILES string of the molecule is COc1ccc(N)c(OCc2ccc3c(c2)OCO3)c1. The molecule has 0 aliphatic carbocycles. The summed E-state index contributed by atoms with van der Waals surface area (Å²) in [5.74, 6) is 2.81. The van der Waals surface area contributed by atoms with Crippen molar-refractivity contribution < 1.29 is 18.9 Å². The number of methoxy groups -OCH3 is 1. The fourth-order valence-corrected chi connectivity index (χ4v) is 1.96. The number of fused-ring (bicyclic) bond motifs is 1. The molecule has 2 aromatic rings. The van der Waals surface area contributed by atoms with Gasteiger partial charge in [-0.1, -0.05) is 6.07 Å². The first-order valence-electron chi connectivity index (χ1n) is 6.21. The zero-order valence-electron chi connectivity index (χ0n) is 11.1. The van der Waals surface area contributed by atoms with Crippen molar-refractivity contribution in [3.05, 3.63) is 42.0 Å². The molecule has 1 aliphatic rings. The number of ether oxygens (including phenoxy) is 4. The van der Waals surface area contributed by atoms with E-state index in [-0.39, 0.29) is 6.79 Å². The number of benzene rings is 2. The molecule has 1 aliphatic heterocycles. The van der Waals surface area contributed by atoms with Gasteiger partial charge in [0.1, 0.15) is 18.1 Å². The lowest BCUT2D eigenvalue weighted by Crippen LogP contribution is -1.99. The van der Waals surface area contributed by atoms with Crippen LogP contribution in [-0.4, -0.2) is 13.9 Å². The molecule has 0 fully saturated rings. The lowest BCUT2D eigenvalue weighted by atomic mass is 10.2. The van der Waals surface area contributed by atoms with E-state index in [0.29, 0.717) is 23.8 Å². The van der Waals surface area contributed by atoms with Crippen LogP contribution >= 0.6 is 0 Å². The molecular weight excluding hydrogens is 258 g/mol. The second-order valence-electron chi connectivity index (χ2n) is 4.38. The number of nitrogen functional groups attached to an aromatic ring is 1. The van der Waals surface area contributed by atoms with Crippen molar-refractivity contribution in [3.63, 3.8) is 0 Å². The molecule has 0 amide bonds. The Bertz CT molecular complexity index is 627. The smallest absolute Gasteiger partial charge is 0.231 e. The van der Waals surface area contributed by atoms with E-state index in [4.69, 9.17) is 24.7 Å². The topological polar surface area (TPSA) is 62.9 Å². The standard InChI is InChI=1S/C15H15NO4/c1-17-11-3-4-12(16)14(7-11)18-8-10-2-5-13-15(6-10)20-9-19-13/h2-7H,8-9,16H2,1H3. The van der Waals surface area contributed by atoms with Crippen molar-refractivity contribution in [3.8, 4) is 23.0 Å². The summed E-state index contributed by atoms with van der Waals surface area (Å²) in [4.78, 5) is 0. The Kier molecular flexibility index (Phi) is 3.25. The van der Waals surface area contributed by atoms with Gasteiger partial charge in [-0.2, -0.15) is 0 Å². The van der Waals surface area contributed by atoms with Gasteiger partial charge in [-0.05, 0) is 29.8 Å². The van der Waals surface area contributed by atoms with E-state index < -0.39 is 0 Å². The van der Waals surface area contributed by atoms with E-state index >= 15 is 0 Å². The number of hydrogen-bond donors (Lipinski definition) is 1. The van der Waals surface area contributed by atoms with Crippen molar-refractivity contribution >= 4 is 5.69 Å². The molecule has 2 aromatic carbocycles. The molecule has 5 heteroatoms. The monoisotopic (exact) mass is 273 g/mol. The Hall–Kier alpha value is -2.56. The van der Waals surface area contributed by atoms with Gasteiger partial charge in [0.25, 0.3) is 0 Å². The first-order valence-corrected chi connectivity index (χ1v) is 6.21. The average Bonchev–Trinajstić information content (AvgIpc) is 2.94. The normalized spacial score (nSPS) is 12.2. The van der Waals surface area contributed by atoms with Crippen LogP contribution in [0.4, 0.5) is 5.69 Å². The molecule has 104 valence electrons. The molecule has 1 heterocycles. The van der Waals surface area contributed by atoms with Crippen LogP contribution in [0.5, 0.6) is 23.0 Å². The highest BCUT2D eigenvalue weighted by Gasteiger charge is 2.13. The van der Waals surface area contributed by atoms with Crippen LogP contribution in [0.3, 0.4) is 0 Å². The second kappa shape index (κ2) is 5.21. The maximum atomic E-state index is 5.87. The van der Waals surface area contributed by atoms with E-state index in [9.17, 15) is 0 Å². The van der Waals surface area contributed by atoms with Gasteiger partial charge < -0.3 is 24.7 Å². The molecule has 0 saturated carbocycles. The molecule has 0 spiro atoms. The predicted molar refractivity (Wildman–Crippen MR) is 74.3 cm³/mol. The van der Waals surface area contributed by atoms with Crippen molar-refractivity contribution in [2.24, 2.45) is 0 Å². The van der Waals surface area contributed by atoms with Crippen LogP contribution in [0.25, 0.3) is 0 Å². The first-order chi connectivity index (χ1) is 9.76. The fraction of sp³-hybridized carbons (Fsp3) is 0.200. The molecular formula is C15H15NO4. The zero-order chi connectivity index (χ0) is 13.9. The number of anilines is 1. The minimum atomic E-state index is 0.266. The molecule has 0 aromatic heterocycles. The number of rotatable bonds is 4. The fourth-order valence-electron chi connectivity index (χ4n) is 1.96. The van der Waals surface area contributed by atoms with Gasteiger partial charge in [0.05, 0.1) is 12.8 Å². The molecule has 2 N–H and O–H groups in total. The van der Waals surface area contributed by atoms with E-state index in [1.165, 1.54) is 0 Å². The minimum absolute atomic E-state index is 0.266. The van der Waals surface area contributed by atoms with Crippen LogP contribution in [0.2, 0.25) is 0 Å². The third-order valence-corrected chi connectivity index (χ3v) is 3.05. The van der Waals surface area contributed by atoms with Gasteiger partial charge in [-0.3, -0.25) is 0 Å². The molecule has 3 rings (SSSR count). The number of nitrogens with two attached hydrogens (primary N) is 1. The van der Waals surface area contributed by atoms with E-state index in [0.717, 1.165) is 17.1 Å². The summed E-state index contributed by atoms with van der Waals surface area (Å²) in [7, 11) is 1.60. The second-order valence-corrected chi connectivity index (χ2v) is 4.38. The van der Waals surface area contributed by atoms with Crippen molar-refractivity contribution in [1.29, 1.82) is 0 Å². The summed E-state index contributed by atoms with van der Waals surface area (Å²) in [5.41, 5.74) is 7.43. The largest absolute Gasteiger partial charge is 0.497 e. The average molecular weight is 273 g/mol. The van der Waals surface area contributed by atoms with Gasteiger partial charge >= 0.3 is 0 Å². The number of hydrogen-bond acceptors (Lipinski definition) is 5. The molecule has 0 bridgehead atoms. The Balaban J connectivity index is 1.73. The van der Waals surface area contributed by atoms with Crippen molar-refractivity contribution in [2.45, 2.75) is 6.61 Å². The maximum Gasteiger partial charge on any atom is 0.231 e. The quantitative estimate of drug-likeness (QED) is 0.867.